The third-order valence-corrected chi connectivity index (χ3v) is 4.46. The lowest BCUT2D eigenvalue weighted by atomic mass is 10.1. The molecule has 0 aromatic heterocycles. The van der Waals surface area contributed by atoms with Crippen LogP contribution in [0.1, 0.15) is 16.8 Å². The average molecular weight is 373 g/mol. The molecule has 3 rings (SSSR count). The van der Waals surface area contributed by atoms with Crippen molar-refractivity contribution >= 4 is 11.9 Å². The molecule has 1 saturated heterocycles. The van der Waals surface area contributed by atoms with Crippen molar-refractivity contribution in [3.05, 3.63) is 59.9 Å². The van der Waals surface area contributed by atoms with E-state index in [1.165, 1.54) is 31.3 Å². The van der Waals surface area contributed by atoms with Crippen LogP contribution >= 0.6 is 0 Å². The number of likely N-dealkylation sites (tertiary alicyclic amines) is 1. The lowest BCUT2D eigenvalue weighted by Crippen LogP contribution is -2.41. The summed E-state index contributed by atoms with van der Waals surface area (Å²) in [7, 11) is 2.80. The van der Waals surface area contributed by atoms with Crippen LogP contribution in [0.2, 0.25) is 0 Å². The monoisotopic (exact) mass is 373 g/mol. The number of ether oxygens (including phenoxy) is 3. The summed E-state index contributed by atoms with van der Waals surface area (Å²) in [6.45, 7) is 0.152. The maximum atomic E-state index is 13.8. The zero-order valence-corrected chi connectivity index (χ0v) is 15.1. The van der Waals surface area contributed by atoms with Gasteiger partial charge in [-0.1, -0.05) is 12.1 Å². The predicted molar refractivity (Wildman–Crippen MR) is 95.3 cm³/mol. The highest BCUT2D eigenvalue weighted by Gasteiger charge is 2.42. The van der Waals surface area contributed by atoms with Crippen molar-refractivity contribution in [2.75, 3.05) is 20.8 Å². The number of carbonyl (C=O) groups excluding carboxylic acids is 2. The summed E-state index contributed by atoms with van der Waals surface area (Å²) in [5, 5.41) is 0. The van der Waals surface area contributed by atoms with Gasteiger partial charge in [0.15, 0.2) is 11.6 Å². The van der Waals surface area contributed by atoms with E-state index in [0.717, 1.165) is 0 Å². The Balaban J connectivity index is 1.80. The van der Waals surface area contributed by atoms with Gasteiger partial charge in [0.25, 0.3) is 5.91 Å². The van der Waals surface area contributed by atoms with Crippen LogP contribution in [0.3, 0.4) is 0 Å². The van der Waals surface area contributed by atoms with Gasteiger partial charge in [0.1, 0.15) is 17.9 Å². The largest absolute Gasteiger partial charge is 0.497 e. The minimum atomic E-state index is -0.790. The average Bonchev–Trinajstić information content (AvgIpc) is 3.12. The molecular weight excluding hydrogens is 353 g/mol. The highest BCUT2D eigenvalue weighted by atomic mass is 19.1. The second-order valence-electron chi connectivity index (χ2n) is 6.13. The Morgan fingerprint density at radius 1 is 1.07 bits per heavy atom. The standard InChI is InChI=1S/C20H20FNO5/c1-25-14-9-7-13(8-10-14)19(23)22-12-15(11-17(22)20(24)26-2)27-18-6-4-3-5-16(18)21/h3-10,15,17H,11-12H2,1-2H3. The van der Waals surface area contributed by atoms with E-state index < -0.39 is 23.9 Å². The van der Waals surface area contributed by atoms with Crippen LogP contribution in [-0.2, 0) is 9.53 Å². The van der Waals surface area contributed by atoms with Gasteiger partial charge in [-0.05, 0) is 36.4 Å². The lowest BCUT2D eigenvalue weighted by Gasteiger charge is -2.22. The number of halogens is 1. The van der Waals surface area contributed by atoms with Crippen molar-refractivity contribution in [1.29, 1.82) is 0 Å². The van der Waals surface area contributed by atoms with Crippen molar-refractivity contribution in [2.24, 2.45) is 0 Å². The van der Waals surface area contributed by atoms with E-state index in [1.54, 1.807) is 36.4 Å². The fraction of sp³-hybridized carbons (Fsp3) is 0.300. The third kappa shape index (κ3) is 4.02. The number of nitrogens with zero attached hydrogens (tertiary/aromatic N) is 1. The molecule has 2 aromatic carbocycles. The summed E-state index contributed by atoms with van der Waals surface area (Å²) in [4.78, 5) is 26.5. The maximum absolute atomic E-state index is 13.8. The van der Waals surface area contributed by atoms with Crippen LogP contribution in [0.25, 0.3) is 0 Å². The van der Waals surface area contributed by atoms with Gasteiger partial charge in [0, 0.05) is 12.0 Å². The summed E-state index contributed by atoms with van der Waals surface area (Å²) in [5.41, 5.74) is 0.413. The maximum Gasteiger partial charge on any atom is 0.328 e. The summed E-state index contributed by atoms with van der Waals surface area (Å²) >= 11 is 0. The van der Waals surface area contributed by atoms with E-state index in [4.69, 9.17) is 14.2 Å². The molecule has 6 nitrogen and oxygen atoms in total. The zero-order chi connectivity index (χ0) is 19.4. The van der Waals surface area contributed by atoms with Gasteiger partial charge in [-0.2, -0.15) is 0 Å². The number of rotatable bonds is 5. The smallest absolute Gasteiger partial charge is 0.328 e. The van der Waals surface area contributed by atoms with Gasteiger partial charge >= 0.3 is 5.97 Å². The number of esters is 1. The van der Waals surface area contributed by atoms with Crippen molar-refractivity contribution in [3.8, 4) is 11.5 Å². The Morgan fingerprint density at radius 3 is 2.41 bits per heavy atom. The van der Waals surface area contributed by atoms with Crippen molar-refractivity contribution < 1.29 is 28.2 Å². The molecule has 1 amide bonds. The highest BCUT2D eigenvalue weighted by Crippen LogP contribution is 2.27. The quantitative estimate of drug-likeness (QED) is 0.754. The van der Waals surface area contributed by atoms with Crippen molar-refractivity contribution in [1.82, 2.24) is 4.90 Å². The zero-order valence-electron chi connectivity index (χ0n) is 15.1. The topological polar surface area (TPSA) is 65.1 Å². The Hall–Kier alpha value is -3.09. The molecule has 2 aromatic rings. The van der Waals surface area contributed by atoms with E-state index in [1.807, 2.05) is 0 Å². The second-order valence-corrected chi connectivity index (χ2v) is 6.13. The number of hydrogen-bond acceptors (Lipinski definition) is 5. The van der Waals surface area contributed by atoms with Crippen LogP contribution in [0, 0.1) is 5.82 Å². The molecule has 1 aliphatic heterocycles. The van der Waals surface area contributed by atoms with Crippen LogP contribution in [-0.4, -0.2) is 49.7 Å². The first-order chi connectivity index (χ1) is 13.0. The molecule has 2 unspecified atom stereocenters. The Labute approximate surface area is 156 Å². The lowest BCUT2D eigenvalue weighted by molar-refractivity contribution is -0.145. The normalized spacial score (nSPS) is 18.9. The number of amides is 1. The molecule has 1 fully saturated rings. The van der Waals surface area contributed by atoms with Crippen LogP contribution in [0.4, 0.5) is 4.39 Å². The number of hydrogen-bond donors (Lipinski definition) is 0. The summed E-state index contributed by atoms with van der Waals surface area (Å²) < 4.78 is 29.5. The first-order valence-electron chi connectivity index (χ1n) is 8.47. The van der Waals surface area contributed by atoms with Gasteiger partial charge in [-0.25, -0.2) is 9.18 Å². The minimum absolute atomic E-state index is 0.0878. The van der Waals surface area contributed by atoms with E-state index in [0.29, 0.717) is 11.3 Å². The molecule has 0 N–H and O–H groups in total. The fourth-order valence-electron chi connectivity index (χ4n) is 3.09. The highest BCUT2D eigenvalue weighted by molar-refractivity contribution is 5.97. The van der Waals surface area contributed by atoms with Gasteiger partial charge < -0.3 is 19.1 Å². The third-order valence-electron chi connectivity index (χ3n) is 4.46. The van der Waals surface area contributed by atoms with E-state index >= 15 is 0 Å². The van der Waals surface area contributed by atoms with Crippen molar-refractivity contribution in [3.63, 3.8) is 0 Å². The molecule has 27 heavy (non-hydrogen) atoms. The number of carbonyl (C=O) groups is 2. The number of benzene rings is 2. The molecule has 0 saturated carbocycles. The number of para-hydroxylation sites is 1. The van der Waals surface area contributed by atoms with Gasteiger partial charge in [0.2, 0.25) is 0 Å². The predicted octanol–water partition coefficient (Wildman–Crippen LogP) is 2.67. The Morgan fingerprint density at radius 2 is 1.78 bits per heavy atom. The number of methoxy groups -OCH3 is 2. The van der Waals surface area contributed by atoms with Crippen molar-refractivity contribution in [2.45, 2.75) is 18.6 Å². The van der Waals surface area contributed by atoms with E-state index in [9.17, 15) is 14.0 Å². The minimum Gasteiger partial charge on any atom is -0.497 e. The first-order valence-corrected chi connectivity index (χ1v) is 8.47. The van der Waals surface area contributed by atoms with Gasteiger partial charge in [0.05, 0.1) is 20.8 Å². The first kappa shape index (κ1) is 18.7. The molecule has 0 radical (unpaired) electrons. The summed E-state index contributed by atoms with van der Waals surface area (Å²) in [6, 6.07) is 11.8. The molecule has 0 spiro atoms. The molecular formula is C20H20FNO5. The molecule has 0 aliphatic carbocycles. The summed E-state index contributed by atoms with van der Waals surface area (Å²) in [5.74, 6) is -0.639. The molecule has 0 bridgehead atoms. The second kappa shape index (κ2) is 8.07. The van der Waals surface area contributed by atoms with Crippen LogP contribution in [0.15, 0.2) is 48.5 Å². The summed E-state index contributed by atoms with van der Waals surface area (Å²) in [6.07, 6.45) is -0.295. The van der Waals surface area contributed by atoms with Crippen LogP contribution in [0.5, 0.6) is 11.5 Å². The fourth-order valence-corrected chi connectivity index (χ4v) is 3.09. The Kier molecular flexibility index (Phi) is 5.59. The molecule has 7 heteroatoms. The van der Waals surface area contributed by atoms with Gasteiger partial charge in [-0.15, -0.1) is 0 Å². The van der Waals surface area contributed by atoms with E-state index in [2.05, 4.69) is 0 Å². The van der Waals surface area contributed by atoms with E-state index in [-0.39, 0.29) is 24.6 Å². The molecule has 1 aliphatic rings. The molecule has 142 valence electrons. The van der Waals surface area contributed by atoms with Gasteiger partial charge in [-0.3, -0.25) is 4.79 Å². The Bertz CT molecular complexity index is 823. The van der Waals surface area contributed by atoms with Crippen LogP contribution < -0.4 is 9.47 Å². The SMILES string of the molecule is COC(=O)C1CC(Oc2ccccc2F)CN1C(=O)c1ccc(OC)cc1. The molecule has 1 heterocycles. The molecule has 2 atom stereocenters.